The molecule has 1 nitrogen and oxygen atoms in total. The Bertz CT molecular complexity index is 2980. The maximum absolute atomic E-state index is 2.54. The first-order valence-corrected chi connectivity index (χ1v) is 20.8. The molecule has 0 saturated carbocycles. The highest BCUT2D eigenvalue weighted by Crippen LogP contribution is 2.65. The van der Waals surface area contributed by atoms with Gasteiger partial charge in [-0.3, -0.25) is 0 Å². The van der Waals surface area contributed by atoms with Gasteiger partial charge in [-0.2, -0.15) is 0 Å². The summed E-state index contributed by atoms with van der Waals surface area (Å²) < 4.78 is 0. The summed E-state index contributed by atoms with van der Waals surface area (Å²) in [7, 11) is 0. The van der Waals surface area contributed by atoms with Crippen LogP contribution >= 0.6 is 0 Å². The van der Waals surface area contributed by atoms with Gasteiger partial charge in [-0.1, -0.05) is 180 Å². The van der Waals surface area contributed by atoms with Gasteiger partial charge >= 0.3 is 0 Å². The van der Waals surface area contributed by atoms with E-state index in [1.54, 1.807) is 0 Å². The Morgan fingerprint density at radius 2 is 0.948 bits per heavy atom. The number of benzene rings is 8. The summed E-state index contributed by atoms with van der Waals surface area (Å²) >= 11 is 0. The molecule has 3 aliphatic carbocycles. The van der Waals surface area contributed by atoms with Gasteiger partial charge in [0.2, 0.25) is 0 Å². The third kappa shape index (κ3) is 4.77. The van der Waals surface area contributed by atoms with E-state index >= 15 is 0 Å². The largest absolute Gasteiger partial charge is 0.310 e. The van der Waals surface area contributed by atoms with Crippen LogP contribution in [0.1, 0.15) is 79.1 Å². The lowest BCUT2D eigenvalue weighted by Crippen LogP contribution is -2.27. The molecule has 8 aromatic carbocycles. The van der Waals surface area contributed by atoms with E-state index in [0.717, 1.165) is 17.1 Å². The molecule has 0 saturated heterocycles. The summed E-state index contributed by atoms with van der Waals surface area (Å²) in [6.45, 7) is 14.0. The van der Waals surface area contributed by atoms with Crippen molar-refractivity contribution in [2.75, 3.05) is 4.90 Å². The van der Waals surface area contributed by atoms with Gasteiger partial charge in [-0.15, -0.1) is 0 Å². The molecular formula is C57H47N. The van der Waals surface area contributed by atoms with Crippen molar-refractivity contribution in [3.8, 4) is 44.5 Å². The fourth-order valence-electron chi connectivity index (χ4n) is 10.7. The smallest absolute Gasteiger partial charge is 0.0731 e. The van der Waals surface area contributed by atoms with Gasteiger partial charge in [0.15, 0.2) is 0 Å². The quantitative estimate of drug-likeness (QED) is 0.173. The van der Waals surface area contributed by atoms with Crippen molar-refractivity contribution in [1.29, 1.82) is 0 Å². The molecule has 0 N–H and O–H groups in total. The number of hydrogen-bond donors (Lipinski definition) is 0. The van der Waals surface area contributed by atoms with Crippen LogP contribution in [0.3, 0.4) is 0 Å². The van der Waals surface area contributed by atoms with Crippen molar-refractivity contribution < 1.29 is 0 Å². The van der Waals surface area contributed by atoms with Crippen molar-refractivity contribution in [3.05, 3.63) is 220 Å². The van der Waals surface area contributed by atoms with Gasteiger partial charge in [-0.05, 0) is 132 Å². The topological polar surface area (TPSA) is 3.24 Å². The Morgan fingerprint density at radius 1 is 0.397 bits per heavy atom. The van der Waals surface area contributed by atoms with E-state index in [9.17, 15) is 0 Å². The second-order valence-corrected chi connectivity index (χ2v) is 18.2. The standard InChI is InChI=1S/C57H47N/c1-36-26-29-46-47-30-27-38(55(2,3)4)34-53(47)57(52(46)32-36)50-25-13-11-21-44(50)48-23-15-22-42(54(48)57)37-16-14-19-40(33-37)58(39-17-8-7-9-18-39)41-28-31-45-43-20-10-12-24-49(43)56(5,6)51(45)35-41/h7-35H,1-6H3. The summed E-state index contributed by atoms with van der Waals surface area (Å²) in [5.41, 5.74) is 24.3. The van der Waals surface area contributed by atoms with E-state index in [0.29, 0.717) is 0 Å². The van der Waals surface area contributed by atoms with Crippen molar-refractivity contribution in [3.63, 3.8) is 0 Å². The molecule has 0 bridgehead atoms. The highest BCUT2D eigenvalue weighted by Gasteiger charge is 2.53. The minimum Gasteiger partial charge on any atom is -0.310 e. The molecule has 0 radical (unpaired) electrons. The summed E-state index contributed by atoms with van der Waals surface area (Å²) in [4.78, 5) is 2.44. The Hall–Kier alpha value is -6.44. The van der Waals surface area contributed by atoms with Crippen LogP contribution in [-0.4, -0.2) is 0 Å². The maximum Gasteiger partial charge on any atom is 0.0731 e. The lowest BCUT2D eigenvalue weighted by molar-refractivity contribution is 0.588. The minimum absolute atomic E-state index is 0.00612. The molecule has 1 unspecified atom stereocenters. The van der Waals surface area contributed by atoms with Gasteiger partial charge in [0.25, 0.3) is 0 Å². The molecule has 11 rings (SSSR count). The van der Waals surface area contributed by atoms with Gasteiger partial charge < -0.3 is 4.90 Å². The molecule has 280 valence electrons. The number of rotatable bonds is 4. The van der Waals surface area contributed by atoms with Gasteiger partial charge in [0, 0.05) is 22.5 Å². The maximum atomic E-state index is 2.54. The fraction of sp³-hybridized carbons (Fsp3) is 0.158. The molecule has 0 aromatic heterocycles. The second-order valence-electron chi connectivity index (χ2n) is 18.2. The number of hydrogen-bond acceptors (Lipinski definition) is 1. The molecule has 0 aliphatic heterocycles. The predicted octanol–water partition coefficient (Wildman–Crippen LogP) is 15.1. The highest BCUT2D eigenvalue weighted by atomic mass is 15.1. The Morgan fingerprint density at radius 3 is 1.72 bits per heavy atom. The zero-order chi connectivity index (χ0) is 39.6. The molecule has 1 atom stereocenters. The van der Waals surface area contributed by atoms with Crippen LogP contribution in [0.4, 0.5) is 17.1 Å². The Kier molecular flexibility index (Phi) is 7.36. The Balaban J connectivity index is 1.15. The highest BCUT2D eigenvalue weighted by molar-refractivity contribution is 5.99. The van der Waals surface area contributed by atoms with Crippen molar-refractivity contribution >= 4 is 17.1 Å². The summed E-state index contributed by atoms with van der Waals surface area (Å²) in [5.74, 6) is 0. The predicted molar refractivity (Wildman–Crippen MR) is 244 cm³/mol. The van der Waals surface area contributed by atoms with Gasteiger partial charge in [-0.25, -0.2) is 0 Å². The van der Waals surface area contributed by atoms with Gasteiger partial charge in [0.05, 0.1) is 5.41 Å². The number of anilines is 3. The molecule has 0 amide bonds. The van der Waals surface area contributed by atoms with E-state index in [1.165, 1.54) is 89.0 Å². The summed E-state index contributed by atoms with van der Waals surface area (Å²) in [6, 6.07) is 66.7. The summed E-state index contributed by atoms with van der Waals surface area (Å²) in [6.07, 6.45) is 0. The fourth-order valence-corrected chi connectivity index (χ4v) is 10.7. The number of fused-ring (bicyclic) bond motifs is 13. The van der Waals surface area contributed by atoms with E-state index < -0.39 is 5.41 Å². The van der Waals surface area contributed by atoms with Crippen LogP contribution in [0, 0.1) is 6.92 Å². The van der Waals surface area contributed by atoms with Crippen LogP contribution in [0.15, 0.2) is 176 Å². The molecule has 3 aliphatic rings. The SMILES string of the molecule is Cc1ccc2c(c1)C1(c3cc(C(C)(C)C)ccc3-2)c2ccccc2-c2cccc(-c3cccc(N(c4ccccc4)c4ccc5c(c4)C(C)(C)c4ccccc4-5)c3)c21. The second kappa shape index (κ2) is 12.3. The number of aryl methyl sites for hydroxylation is 1. The van der Waals surface area contributed by atoms with Crippen LogP contribution in [-0.2, 0) is 16.2 Å². The molecule has 58 heavy (non-hydrogen) atoms. The number of para-hydroxylation sites is 1. The first kappa shape index (κ1) is 34.8. The van der Waals surface area contributed by atoms with Crippen LogP contribution < -0.4 is 4.90 Å². The van der Waals surface area contributed by atoms with Crippen molar-refractivity contribution in [2.45, 2.75) is 57.8 Å². The molecule has 1 heteroatoms. The van der Waals surface area contributed by atoms with E-state index in [2.05, 4.69) is 222 Å². The Labute approximate surface area is 343 Å². The molecule has 8 aromatic rings. The van der Waals surface area contributed by atoms with Crippen LogP contribution in [0.25, 0.3) is 44.5 Å². The van der Waals surface area contributed by atoms with E-state index in [-0.39, 0.29) is 10.8 Å². The minimum atomic E-state index is -0.462. The zero-order valence-electron chi connectivity index (χ0n) is 34.2. The molecular weight excluding hydrogens is 699 g/mol. The third-order valence-corrected chi connectivity index (χ3v) is 13.5. The average Bonchev–Trinajstić information content (AvgIpc) is 3.79. The molecule has 0 heterocycles. The summed E-state index contributed by atoms with van der Waals surface area (Å²) in [5, 5.41) is 0. The first-order valence-electron chi connectivity index (χ1n) is 20.8. The van der Waals surface area contributed by atoms with Crippen LogP contribution in [0.5, 0.6) is 0 Å². The lowest BCUT2D eigenvalue weighted by Gasteiger charge is -2.33. The zero-order valence-corrected chi connectivity index (χ0v) is 34.2. The average molecular weight is 746 g/mol. The van der Waals surface area contributed by atoms with Crippen molar-refractivity contribution in [1.82, 2.24) is 0 Å². The van der Waals surface area contributed by atoms with Gasteiger partial charge in [0.1, 0.15) is 0 Å². The van der Waals surface area contributed by atoms with E-state index in [4.69, 9.17) is 0 Å². The van der Waals surface area contributed by atoms with Crippen molar-refractivity contribution in [2.24, 2.45) is 0 Å². The third-order valence-electron chi connectivity index (χ3n) is 13.5. The number of nitrogens with zero attached hydrogens (tertiary/aromatic N) is 1. The first-order chi connectivity index (χ1) is 28.1. The van der Waals surface area contributed by atoms with E-state index in [1.807, 2.05) is 0 Å². The molecule has 1 spiro atoms. The lowest BCUT2D eigenvalue weighted by atomic mass is 9.67. The monoisotopic (exact) mass is 745 g/mol. The normalized spacial score (nSPS) is 16.3. The molecule has 0 fully saturated rings. The van der Waals surface area contributed by atoms with Crippen LogP contribution in [0.2, 0.25) is 0 Å².